The maximum Gasteiger partial charge on any atom is 0.453 e. The van der Waals surface area contributed by atoms with E-state index in [9.17, 15) is 13.2 Å². The van der Waals surface area contributed by atoms with E-state index in [1.165, 1.54) is 0 Å². The minimum absolute atomic E-state index is 0.172. The normalized spacial score (nSPS) is 19.6. The Labute approximate surface area is 117 Å². The van der Waals surface area contributed by atoms with Crippen molar-refractivity contribution in [3.05, 3.63) is 10.8 Å². The molecular weight excluding hydrogens is 291 g/mol. The first-order valence-corrected chi connectivity index (χ1v) is 7.28. The third-order valence-electron chi connectivity index (χ3n) is 3.90. The zero-order chi connectivity index (χ0) is 14.4. The zero-order valence-corrected chi connectivity index (χ0v) is 11.5. The van der Waals surface area contributed by atoms with Gasteiger partial charge in [0.05, 0.1) is 0 Å². The van der Waals surface area contributed by atoms with Crippen molar-refractivity contribution >= 4 is 16.3 Å². The fraction of sp³-hybridized carbons (Fsp3) is 0.727. The maximum atomic E-state index is 12.8. The standard InChI is InChI=1S/C11H14F3N5S/c12-11(13,14)7-16-17-9-19(7)18-8(20-9)10(6-15)4-2-1-3-5-10/h1-6,15H2. The Hall–Kier alpha value is -1.22. The molecule has 2 heterocycles. The van der Waals surface area contributed by atoms with E-state index < -0.39 is 12.0 Å². The molecule has 0 aliphatic heterocycles. The van der Waals surface area contributed by atoms with E-state index in [4.69, 9.17) is 5.73 Å². The largest absolute Gasteiger partial charge is 0.453 e. The molecule has 0 saturated heterocycles. The van der Waals surface area contributed by atoms with Crippen molar-refractivity contribution in [2.24, 2.45) is 5.73 Å². The number of fused-ring (bicyclic) bond motifs is 1. The molecule has 1 saturated carbocycles. The number of hydrogen-bond acceptors (Lipinski definition) is 5. The Morgan fingerprint density at radius 1 is 1.20 bits per heavy atom. The van der Waals surface area contributed by atoms with Crippen molar-refractivity contribution in [3.63, 3.8) is 0 Å². The summed E-state index contributed by atoms with van der Waals surface area (Å²) in [7, 11) is 0. The number of nitrogens with zero attached hydrogens (tertiary/aromatic N) is 4. The van der Waals surface area contributed by atoms with Crippen molar-refractivity contribution in [1.82, 2.24) is 19.8 Å². The van der Waals surface area contributed by atoms with E-state index in [2.05, 4.69) is 15.3 Å². The van der Waals surface area contributed by atoms with Gasteiger partial charge in [-0.05, 0) is 12.8 Å². The van der Waals surface area contributed by atoms with E-state index in [1.807, 2.05) is 0 Å². The lowest BCUT2D eigenvalue weighted by Gasteiger charge is -2.33. The van der Waals surface area contributed by atoms with Crippen LogP contribution in [0.3, 0.4) is 0 Å². The first-order valence-electron chi connectivity index (χ1n) is 6.46. The van der Waals surface area contributed by atoms with E-state index in [0.29, 0.717) is 11.6 Å². The number of aromatic nitrogens is 4. The second-order valence-electron chi connectivity index (χ2n) is 5.17. The molecule has 1 fully saturated rings. The molecule has 20 heavy (non-hydrogen) atoms. The highest BCUT2D eigenvalue weighted by atomic mass is 32.1. The molecule has 5 nitrogen and oxygen atoms in total. The van der Waals surface area contributed by atoms with Crippen LogP contribution >= 0.6 is 11.3 Å². The summed E-state index contributed by atoms with van der Waals surface area (Å²) in [6, 6.07) is 0. The zero-order valence-electron chi connectivity index (χ0n) is 10.7. The Kier molecular flexibility index (Phi) is 3.20. The van der Waals surface area contributed by atoms with Crippen LogP contribution in [-0.2, 0) is 11.6 Å². The van der Waals surface area contributed by atoms with Gasteiger partial charge in [-0.2, -0.15) is 22.8 Å². The van der Waals surface area contributed by atoms with Gasteiger partial charge in [0.2, 0.25) is 4.96 Å². The summed E-state index contributed by atoms with van der Waals surface area (Å²) in [5.41, 5.74) is 5.58. The van der Waals surface area contributed by atoms with Gasteiger partial charge in [-0.3, -0.25) is 0 Å². The number of halogens is 3. The molecule has 0 aromatic carbocycles. The molecule has 2 aromatic heterocycles. The molecular formula is C11H14F3N5S. The van der Waals surface area contributed by atoms with Crippen LogP contribution in [-0.4, -0.2) is 26.4 Å². The molecule has 2 aromatic rings. The average molecular weight is 305 g/mol. The third kappa shape index (κ3) is 2.08. The highest BCUT2D eigenvalue weighted by Crippen LogP contribution is 2.41. The second kappa shape index (κ2) is 4.66. The van der Waals surface area contributed by atoms with Crippen LogP contribution in [0.2, 0.25) is 0 Å². The summed E-state index contributed by atoms with van der Waals surface area (Å²) in [6.45, 7) is 0.401. The average Bonchev–Trinajstić information content (AvgIpc) is 2.98. The van der Waals surface area contributed by atoms with Gasteiger partial charge in [0.15, 0.2) is 0 Å². The van der Waals surface area contributed by atoms with E-state index in [0.717, 1.165) is 48.0 Å². The van der Waals surface area contributed by atoms with Gasteiger partial charge >= 0.3 is 6.18 Å². The van der Waals surface area contributed by atoms with E-state index in [1.54, 1.807) is 0 Å². The van der Waals surface area contributed by atoms with Gasteiger partial charge < -0.3 is 5.73 Å². The summed E-state index contributed by atoms with van der Waals surface area (Å²) >= 11 is 1.16. The van der Waals surface area contributed by atoms with Crippen LogP contribution in [0.4, 0.5) is 13.2 Å². The van der Waals surface area contributed by atoms with Crippen molar-refractivity contribution in [2.45, 2.75) is 43.7 Å². The Bertz CT molecular complexity index is 611. The van der Waals surface area contributed by atoms with Crippen LogP contribution in [0, 0.1) is 0 Å². The van der Waals surface area contributed by atoms with Crippen molar-refractivity contribution in [1.29, 1.82) is 0 Å². The van der Waals surface area contributed by atoms with E-state index >= 15 is 0 Å². The van der Waals surface area contributed by atoms with Gasteiger partial charge in [-0.25, -0.2) is 0 Å². The lowest BCUT2D eigenvalue weighted by molar-refractivity contribution is -0.146. The van der Waals surface area contributed by atoms with Gasteiger partial charge in [-0.15, -0.1) is 10.2 Å². The highest BCUT2D eigenvalue weighted by Gasteiger charge is 2.41. The maximum absolute atomic E-state index is 12.8. The topological polar surface area (TPSA) is 69.1 Å². The minimum atomic E-state index is -4.55. The van der Waals surface area contributed by atoms with Gasteiger partial charge in [-0.1, -0.05) is 30.6 Å². The number of nitrogens with two attached hydrogens (primary N) is 1. The fourth-order valence-electron chi connectivity index (χ4n) is 2.74. The number of rotatable bonds is 2. The quantitative estimate of drug-likeness (QED) is 0.925. The van der Waals surface area contributed by atoms with Crippen molar-refractivity contribution in [3.8, 4) is 0 Å². The van der Waals surface area contributed by atoms with Gasteiger partial charge in [0.1, 0.15) is 5.01 Å². The predicted molar refractivity (Wildman–Crippen MR) is 67.5 cm³/mol. The Morgan fingerprint density at radius 3 is 2.50 bits per heavy atom. The predicted octanol–water partition coefficient (Wildman–Crippen LogP) is 2.37. The van der Waals surface area contributed by atoms with Crippen LogP contribution in [0.1, 0.15) is 42.9 Å². The minimum Gasteiger partial charge on any atom is -0.329 e. The molecule has 3 rings (SSSR count). The first kappa shape index (κ1) is 13.7. The third-order valence-corrected chi connectivity index (χ3v) is 5.04. The van der Waals surface area contributed by atoms with Gasteiger partial charge in [0, 0.05) is 12.0 Å². The first-order chi connectivity index (χ1) is 9.46. The summed E-state index contributed by atoms with van der Waals surface area (Å²) in [4.78, 5) is 0.172. The molecule has 1 aliphatic carbocycles. The molecule has 0 unspecified atom stereocenters. The molecule has 0 spiro atoms. The van der Waals surface area contributed by atoms with Crippen molar-refractivity contribution < 1.29 is 13.2 Å². The van der Waals surface area contributed by atoms with Crippen LogP contribution < -0.4 is 5.73 Å². The molecule has 0 bridgehead atoms. The van der Waals surface area contributed by atoms with Crippen LogP contribution in [0.15, 0.2) is 0 Å². The van der Waals surface area contributed by atoms with Gasteiger partial charge in [0.25, 0.3) is 5.82 Å². The SMILES string of the molecule is NCC1(c2nn3c(C(F)(F)F)nnc3s2)CCCCC1. The Balaban J connectivity index is 2.06. The smallest absolute Gasteiger partial charge is 0.329 e. The number of hydrogen-bond donors (Lipinski definition) is 1. The molecule has 110 valence electrons. The molecule has 0 amide bonds. The summed E-state index contributed by atoms with van der Waals surface area (Å²) < 4.78 is 39.2. The summed E-state index contributed by atoms with van der Waals surface area (Å²) in [5, 5.41) is 11.5. The summed E-state index contributed by atoms with van der Waals surface area (Å²) in [6.07, 6.45) is 0.393. The fourth-order valence-corrected chi connectivity index (χ4v) is 3.84. The van der Waals surface area contributed by atoms with Crippen molar-refractivity contribution in [2.75, 3.05) is 6.54 Å². The van der Waals surface area contributed by atoms with Crippen LogP contribution in [0.25, 0.3) is 4.96 Å². The monoisotopic (exact) mass is 305 g/mol. The number of alkyl halides is 3. The molecule has 1 aliphatic rings. The Morgan fingerprint density at radius 2 is 1.90 bits per heavy atom. The molecule has 0 radical (unpaired) electrons. The van der Waals surface area contributed by atoms with E-state index in [-0.39, 0.29) is 10.4 Å². The van der Waals surface area contributed by atoms with Crippen LogP contribution in [0.5, 0.6) is 0 Å². The molecule has 0 atom stereocenters. The molecule has 2 N–H and O–H groups in total. The lowest BCUT2D eigenvalue weighted by Crippen LogP contribution is -2.37. The highest BCUT2D eigenvalue weighted by molar-refractivity contribution is 7.16. The summed E-state index contributed by atoms with van der Waals surface area (Å²) in [5.74, 6) is -1.07. The molecule has 9 heteroatoms. The second-order valence-corrected chi connectivity index (χ2v) is 6.12. The lowest BCUT2D eigenvalue weighted by atomic mass is 9.74.